The number of hydrogen-bond acceptors (Lipinski definition) is 7. The third-order valence-corrected chi connectivity index (χ3v) is 3.49. The summed E-state index contributed by atoms with van der Waals surface area (Å²) in [5, 5.41) is 3.76. The molecule has 0 aromatic carbocycles. The molecule has 0 radical (unpaired) electrons. The highest BCUT2D eigenvalue weighted by Gasteiger charge is 2.49. The van der Waals surface area contributed by atoms with E-state index in [0.717, 1.165) is 10.7 Å². The van der Waals surface area contributed by atoms with E-state index in [2.05, 4.69) is 19.0 Å². The smallest absolute Gasteiger partial charge is 0.462 e. The molecule has 8 nitrogen and oxygen atoms in total. The molecule has 0 spiro atoms. The standard InChI is InChI=1S/C11H10F3N3O5S/c1-3-21-10(18)7-4-15-17-5-6(2)16-9(17)8(7)22-23(19,20)11(12,13)14/h4-5H,3H2,1-2H3. The van der Waals surface area contributed by atoms with Gasteiger partial charge in [0.15, 0.2) is 5.65 Å². The average molecular weight is 353 g/mol. The molecule has 0 N–H and O–H groups in total. The molecule has 2 aromatic heterocycles. The summed E-state index contributed by atoms with van der Waals surface area (Å²) in [5.41, 5.74) is -6.28. The second-order valence-electron chi connectivity index (χ2n) is 4.24. The minimum atomic E-state index is -5.99. The van der Waals surface area contributed by atoms with Crippen molar-refractivity contribution in [2.75, 3.05) is 6.61 Å². The van der Waals surface area contributed by atoms with E-state index < -0.39 is 32.9 Å². The van der Waals surface area contributed by atoms with Gasteiger partial charge in [-0.1, -0.05) is 0 Å². The number of imidazole rings is 1. The Morgan fingerprint density at radius 2 is 2.04 bits per heavy atom. The molecule has 23 heavy (non-hydrogen) atoms. The molecule has 0 saturated heterocycles. The minimum Gasteiger partial charge on any atom is -0.462 e. The van der Waals surface area contributed by atoms with Gasteiger partial charge < -0.3 is 8.92 Å². The highest BCUT2D eigenvalue weighted by Crippen LogP contribution is 2.31. The predicted octanol–water partition coefficient (Wildman–Crippen LogP) is 1.44. The number of ether oxygens (including phenoxy) is 1. The Labute approximate surface area is 128 Å². The molecule has 126 valence electrons. The van der Waals surface area contributed by atoms with Crippen LogP contribution in [0.15, 0.2) is 12.4 Å². The summed E-state index contributed by atoms with van der Waals surface area (Å²) in [4.78, 5) is 15.6. The zero-order valence-electron chi connectivity index (χ0n) is 11.8. The maximum absolute atomic E-state index is 12.5. The van der Waals surface area contributed by atoms with E-state index in [0.29, 0.717) is 5.69 Å². The van der Waals surface area contributed by atoms with Gasteiger partial charge in [-0.3, -0.25) is 0 Å². The zero-order chi connectivity index (χ0) is 17.4. The van der Waals surface area contributed by atoms with Crippen LogP contribution in [0.2, 0.25) is 0 Å². The quantitative estimate of drug-likeness (QED) is 0.466. The van der Waals surface area contributed by atoms with Crippen molar-refractivity contribution in [3.63, 3.8) is 0 Å². The second-order valence-corrected chi connectivity index (χ2v) is 5.78. The first kappa shape index (κ1) is 17.0. The van der Waals surface area contributed by atoms with Crippen LogP contribution in [0, 0.1) is 6.92 Å². The first-order valence-electron chi connectivity index (χ1n) is 6.09. The Kier molecular flexibility index (Phi) is 4.20. The van der Waals surface area contributed by atoms with E-state index >= 15 is 0 Å². The maximum atomic E-state index is 12.5. The Morgan fingerprint density at radius 1 is 1.39 bits per heavy atom. The van der Waals surface area contributed by atoms with Crippen molar-refractivity contribution in [3.8, 4) is 5.75 Å². The Hall–Kier alpha value is -2.37. The number of carbonyl (C=O) groups excluding carboxylic acids is 1. The Bertz CT molecular complexity index is 860. The fourth-order valence-corrected chi connectivity index (χ4v) is 2.10. The molecular weight excluding hydrogens is 343 g/mol. The molecule has 2 rings (SSSR count). The number of aromatic nitrogens is 3. The lowest BCUT2D eigenvalue weighted by Gasteiger charge is -2.12. The van der Waals surface area contributed by atoms with E-state index in [-0.39, 0.29) is 12.3 Å². The Balaban J connectivity index is 2.67. The van der Waals surface area contributed by atoms with Crippen LogP contribution in [0.3, 0.4) is 0 Å². The van der Waals surface area contributed by atoms with E-state index in [1.165, 1.54) is 20.0 Å². The summed E-state index contributed by atoms with van der Waals surface area (Å²) in [6.45, 7) is 2.89. The molecule has 0 aliphatic rings. The van der Waals surface area contributed by atoms with Crippen molar-refractivity contribution in [3.05, 3.63) is 23.7 Å². The summed E-state index contributed by atoms with van der Waals surface area (Å²) in [7, 11) is -5.99. The molecular formula is C11H10F3N3O5S. The third-order valence-electron chi connectivity index (χ3n) is 2.54. The van der Waals surface area contributed by atoms with Crippen LogP contribution in [0.5, 0.6) is 5.75 Å². The number of nitrogens with zero attached hydrogens (tertiary/aromatic N) is 3. The van der Waals surface area contributed by atoms with E-state index in [1.807, 2.05) is 0 Å². The van der Waals surface area contributed by atoms with Gasteiger partial charge in [0.2, 0.25) is 5.75 Å². The minimum absolute atomic E-state index is 0.0804. The Morgan fingerprint density at radius 3 is 2.61 bits per heavy atom. The lowest BCUT2D eigenvalue weighted by Crippen LogP contribution is -2.29. The van der Waals surface area contributed by atoms with Gasteiger partial charge in [-0.05, 0) is 13.8 Å². The number of esters is 1. The molecule has 0 aliphatic heterocycles. The number of fused-ring (bicyclic) bond motifs is 1. The molecule has 0 amide bonds. The predicted molar refractivity (Wildman–Crippen MR) is 69.3 cm³/mol. The van der Waals surface area contributed by atoms with Crippen molar-refractivity contribution in [2.24, 2.45) is 0 Å². The molecule has 0 fully saturated rings. The average Bonchev–Trinajstić information content (AvgIpc) is 2.78. The maximum Gasteiger partial charge on any atom is 0.534 e. The molecule has 2 aromatic rings. The molecule has 0 unspecified atom stereocenters. The molecule has 0 atom stereocenters. The summed E-state index contributed by atoms with van der Waals surface area (Å²) in [5.74, 6) is -1.99. The van der Waals surface area contributed by atoms with E-state index in [4.69, 9.17) is 0 Å². The SMILES string of the molecule is CCOC(=O)c1cnn2cc(C)nc2c1OS(=O)(=O)C(F)(F)F. The third kappa shape index (κ3) is 3.21. The number of halogens is 3. The largest absolute Gasteiger partial charge is 0.534 e. The first-order chi connectivity index (χ1) is 10.6. The molecule has 0 saturated carbocycles. The van der Waals surface area contributed by atoms with Crippen molar-refractivity contribution in [1.82, 2.24) is 14.6 Å². The van der Waals surface area contributed by atoms with Gasteiger partial charge in [0.25, 0.3) is 0 Å². The summed E-state index contributed by atoms with van der Waals surface area (Å²) in [6, 6.07) is 0. The lowest BCUT2D eigenvalue weighted by molar-refractivity contribution is -0.0500. The molecule has 0 aliphatic carbocycles. The van der Waals surface area contributed by atoms with Gasteiger partial charge in [-0.2, -0.15) is 26.7 Å². The normalized spacial score (nSPS) is 12.4. The topological polar surface area (TPSA) is 99.9 Å². The number of carbonyl (C=O) groups is 1. The van der Waals surface area contributed by atoms with Crippen molar-refractivity contribution < 1.29 is 35.3 Å². The summed E-state index contributed by atoms with van der Waals surface area (Å²) < 4.78 is 69.8. The van der Waals surface area contributed by atoms with Crippen molar-refractivity contribution in [2.45, 2.75) is 19.4 Å². The van der Waals surface area contributed by atoms with Crippen LogP contribution in [-0.2, 0) is 14.9 Å². The zero-order valence-corrected chi connectivity index (χ0v) is 12.6. The molecule has 2 heterocycles. The van der Waals surface area contributed by atoms with Gasteiger partial charge in [-0.15, -0.1) is 0 Å². The van der Waals surface area contributed by atoms with Gasteiger partial charge in [0.1, 0.15) is 5.56 Å². The summed E-state index contributed by atoms with van der Waals surface area (Å²) >= 11 is 0. The number of aryl methyl sites for hydroxylation is 1. The first-order valence-corrected chi connectivity index (χ1v) is 7.50. The van der Waals surface area contributed by atoms with Gasteiger partial charge in [0, 0.05) is 0 Å². The fourth-order valence-electron chi connectivity index (χ4n) is 1.62. The second kappa shape index (κ2) is 5.68. The van der Waals surface area contributed by atoms with Crippen LogP contribution >= 0.6 is 0 Å². The molecule has 0 bridgehead atoms. The highest BCUT2D eigenvalue weighted by atomic mass is 32.2. The monoisotopic (exact) mass is 353 g/mol. The number of hydrogen-bond donors (Lipinski definition) is 0. The lowest BCUT2D eigenvalue weighted by atomic mass is 10.3. The number of rotatable bonds is 4. The van der Waals surface area contributed by atoms with Crippen LogP contribution in [-0.4, -0.2) is 41.1 Å². The van der Waals surface area contributed by atoms with Gasteiger partial charge in [0.05, 0.1) is 24.7 Å². The molecule has 12 heteroatoms. The highest BCUT2D eigenvalue weighted by molar-refractivity contribution is 7.88. The van der Waals surface area contributed by atoms with Crippen molar-refractivity contribution in [1.29, 1.82) is 0 Å². The van der Waals surface area contributed by atoms with Crippen LogP contribution in [0.4, 0.5) is 13.2 Å². The fraction of sp³-hybridized carbons (Fsp3) is 0.364. The van der Waals surface area contributed by atoms with Crippen molar-refractivity contribution >= 4 is 21.7 Å². The number of alkyl halides is 3. The van der Waals surface area contributed by atoms with E-state index in [1.54, 1.807) is 0 Å². The van der Waals surface area contributed by atoms with Crippen LogP contribution < -0.4 is 4.18 Å². The van der Waals surface area contributed by atoms with E-state index in [9.17, 15) is 26.4 Å². The van der Waals surface area contributed by atoms with Crippen LogP contribution in [0.1, 0.15) is 23.0 Å². The summed E-state index contributed by atoms with van der Waals surface area (Å²) in [6.07, 6.45) is 2.16. The van der Waals surface area contributed by atoms with Gasteiger partial charge >= 0.3 is 21.6 Å². The van der Waals surface area contributed by atoms with Crippen LogP contribution in [0.25, 0.3) is 5.65 Å². The van der Waals surface area contributed by atoms with Gasteiger partial charge in [-0.25, -0.2) is 14.3 Å².